The molecule has 10 fully saturated rings. The Morgan fingerprint density at radius 1 is 0.947 bits per heavy atom. The van der Waals surface area contributed by atoms with E-state index in [0.717, 1.165) is 24.1 Å². The Balaban J connectivity index is 1.76. The molecule has 106 valence electrons. The summed E-state index contributed by atoms with van der Waals surface area (Å²) in [4.78, 5) is 5.38. The van der Waals surface area contributed by atoms with E-state index in [0.29, 0.717) is 14.7 Å². The predicted molar refractivity (Wildman–Crippen MR) is 84.7 cm³/mol. The molecule has 0 nitrogen and oxygen atoms in total. The van der Waals surface area contributed by atoms with Crippen molar-refractivity contribution in [3.8, 4) is 0 Å². The van der Waals surface area contributed by atoms with E-state index in [4.69, 9.17) is 23.2 Å². The molecule has 0 N–H and O–H groups in total. The Labute approximate surface area is 125 Å². The number of thioether (sulfide) groups is 3. The maximum absolute atomic E-state index is 7.71. The van der Waals surface area contributed by atoms with Gasteiger partial charge in [-0.25, -0.2) is 0 Å². The summed E-state index contributed by atoms with van der Waals surface area (Å²) in [5, 5.41) is 0. The van der Waals surface area contributed by atoms with Crippen molar-refractivity contribution in [3.05, 3.63) is 0 Å². The Bertz CT molecular complexity index is 1180. The molecule has 9 atom stereocenters. The predicted octanol–water partition coefficient (Wildman–Crippen LogP) is 4.48. The average Bonchev–Trinajstić information content (AvgIpc) is 3.35. The summed E-state index contributed by atoms with van der Waals surface area (Å²) in [7, 11) is 0. The molecular formula is C13H14Cl2FeS3. The van der Waals surface area contributed by atoms with Gasteiger partial charge in [-0.2, -0.15) is 0 Å². The van der Waals surface area contributed by atoms with Gasteiger partial charge in [0.15, 0.2) is 0 Å². The fourth-order valence-electron chi connectivity index (χ4n) is 18.0. The van der Waals surface area contributed by atoms with Crippen LogP contribution in [0.5, 0.6) is 0 Å². The zero-order chi connectivity index (χ0) is 12.8. The van der Waals surface area contributed by atoms with Crippen LogP contribution in [0.4, 0.5) is 0 Å². The molecule has 1 spiro atoms. The molecule has 0 radical (unpaired) electrons. The zero-order valence-corrected chi connectivity index (χ0v) is 15.8. The number of fused-ring (bicyclic) bond motifs is 10. The van der Waals surface area contributed by atoms with E-state index in [2.05, 4.69) is 54.1 Å². The first-order chi connectivity index (χ1) is 8.79. The fourth-order valence-corrected chi connectivity index (χ4v) is 139. The molecule has 6 heteroatoms. The van der Waals surface area contributed by atoms with Gasteiger partial charge in [-0.05, 0) is 0 Å². The third kappa shape index (κ3) is 0.0852. The van der Waals surface area contributed by atoms with Crippen LogP contribution in [0.1, 0.15) is 0 Å². The van der Waals surface area contributed by atoms with Crippen molar-refractivity contribution >= 4 is 58.5 Å². The summed E-state index contributed by atoms with van der Waals surface area (Å²) < 4.78 is 2.26. The van der Waals surface area contributed by atoms with Crippen molar-refractivity contribution < 1.29 is 6.51 Å². The first-order valence-electron chi connectivity index (χ1n) is 7.02. The number of hydrogen-bond acceptors (Lipinski definition) is 3. The van der Waals surface area contributed by atoms with Crippen LogP contribution in [0, 0.1) is 0 Å². The van der Waals surface area contributed by atoms with Crippen LogP contribution in [0.2, 0.25) is 24.1 Å². The molecule has 0 saturated carbocycles. The van der Waals surface area contributed by atoms with E-state index in [1.807, 2.05) is 0 Å². The minimum atomic E-state index is -3.86. The standard InChI is InChI=1S/C7H7Cl2S2.C6H7S.Fe/c1-10-5-3-4(8)7(11-2)6(5)9;1-7-6-4-2-3-5-6;/h3H,1-2H3;2-5H,1H3;. The van der Waals surface area contributed by atoms with Crippen LogP contribution < -0.4 is 0 Å². The van der Waals surface area contributed by atoms with Crippen LogP contribution in [0.25, 0.3) is 0 Å². The third-order valence-electron chi connectivity index (χ3n) is 15.5. The number of halogens is 2. The van der Waals surface area contributed by atoms with Gasteiger partial charge in [0.05, 0.1) is 0 Å². The topological polar surface area (TPSA) is 0 Å². The molecule has 0 amide bonds. The molecule has 19 heavy (non-hydrogen) atoms. The van der Waals surface area contributed by atoms with Crippen LogP contribution >= 0.6 is 58.5 Å². The van der Waals surface area contributed by atoms with Crippen molar-refractivity contribution in [3.63, 3.8) is 0 Å². The number of hydrogen-bond donors (Lipinski definition) is 0. The summed E-state index contributed by atoms with van der Waals surface area (Å²) in [5.74, 6) is 0. The second kappa shape index (κ2) is 0.816. The summed E-state index contributed by atoms with van der Waals surface area (Å²) in [6.45, 7) is -3.86. The van der Waals surface area contributed by atoms with Crippen molar-refractivity contribution in [2.45, 2.75) is 42.6 Å². The van der Waals surface area contributed by atoms with Gasteiger partial charge in [-0.1, -0.05) is 0 Å². The molecule has 0 aliphatic carbocycles. The second-order valence-corrected chi connectivity index (χ2v) is 38.4. The molecule has 0 aromatic carbocycles. The van der Waals surface area contributed by atoms with Crippen LogP contribution in [-0.4, -0.2) is 37.2 Å². The van der Waals surface area contributed by atoms with Gasteiger partial charge in [0, 0.05) is 0 Å². The van der Waals surface area contributed by atoms with Crippen LogP contribution in [0.3, 0.4) is 0 Å². The average molecular weight is 393 g/mol. The fraction of sp³-hybridized carbons (Fsp3) is 1.00. The number of alkyl halides is 2. The van der Waals surface area contributed by atoms with Crippen molar-refractivity contribution in [1.82, 2.24) is 0 Å². The van der Waals surface area contributed by atoms with Gasteiger partial charge in [0.1, 0.15) is 0 Å². The van der Waals surface area contributed by atoms with Crippen LogP contribution in [0.15, 0.2) is 0 Å². The minimum absolute atomic E-state index is 0.257. The third-order valence-corrected chi connectivity index (χ3v) is 79.2. The molecule has 10 saturated heterocycles. The van der Waals surface area contributed by atoms with E-state index >= 15 is 0 Å². The van der Waals surface area contributed by atoms with Gasteiger partial charge >= 0.3 is 126 Å². The van der Waals surface area contributed by atoms with E-state index in [1.165, 1.54) is 0 Å². The molecule has 0 bridgehead atoms. The summed E-state index contributed by atoms with van der Waals surface area (Å²) in [6.07, 6.45) is 7.15. The quantitative estimate of drug-likeness (QED) is 0.513. The van der Waals surface area contributed by atoms with Gasteiger partial charge < -0.3 is 0 Å². The summed E-state index contributed by atoms with van der Waals surface area (Å²) >= 11 is 22.0. The summed E-state index contributed by atoms with van der Waals surface area (Å²) in [5.41, 5.74) is 0. The van der Waals surface area contributed by atoms with Crippen LogP contribution in [-0.2, 0) is 6.51 Å². The van der Waals surface area contributed by atoms with Gasteiger partial charge in [-0.15, -0.1) is 0 Å². The van der Waals surface area contributed by atoms with Crippen molar-refractivity contribution in [2.24, 2.45) is 0 Å². The molecule has 10 aliphatic rings. The Morgan fingerprint density at radius 2 is 1.58 bits per heavy atom. The Hall–Kier alpha value is 2.15. The van der Waals surface area contributed by atoms with Gasteiger partial charge in [0.25, 0.3) is 0 Å². The normalized spacial score (nSPS) is 124. The first kappa shape index (κ1) is 9.45. The van der Waals surface area contributed by atoms with E-state index in [1.54, 1.807) is 0 Å². The molecule has 9 unspecified atom stereocenters. The number of rotatable bonds is 3. The maximum atomic E-state index is 7.71. The van der Waals surface area contributed by atoms with Crippen molar-refractivity contribution in [1.29, 1.82) is 0 Å². The second-order valence-electron chi connectivity index (χ2n) is 10.3. The van der Waals surface area contributed by atoms with E-state index < -0.39 is 6.51 Å². The molecule has 10 aliphatic heterocycles. The molecule has 0 aromatic rings. The van der Waals surface area contributed by atoms with Gasteiger partial charge in [0.2, 0.25) is 0 Å². The first-order valence-corrected chi connectivity index (χ1v) is 17.4. The molecule has 0 aromatic heterocycles. The van der Waals surface area contributed by atoms with Gasteiger partial charge in [-0.3, -0.25) is 0 Å². The monoisotopic (exact) mass is 392 g/mol. The van der Waals surface area contributed by atoms with E-state index in [9.17, 15) is 0 Å². The zero-order valence-electron chi connectivity index (χ0n) is 10.7. The Morgan fingerprint density at radius 3 is 1.84 bits per heavy atom. The molecule has 10 heterocycles. The summed E-state index contributed by atoms with van der Waals surface area (Å²) in [6, 6.07) is 0. The Kier molecular flexibility index (Phi) is 0.406. The molecule has 10 rings (SSSR count). The molecular weight excluding hydrogens is 379 g/mol. The van der Waals surface area contributed by atoms with Crippen molar-refractivity contribution in [2.75, 3.05) is 18.8 Å². The van der Waals surface area contributed by atoms with E-state index in [-0.39, 0.29) is 3.77 Å². The SMILES string of the molecule is CS[C]12[CH]3[CH]4[CH]5[CH]1[Fe]45321678[CH]2[C]1(Cl)[C]6(SC)[C]7(Cl)[C]28SC.